The molecule has 2 nitrogen and oxygen atoms in total. The lowest BCUT2D eigenvalue weighted by atomic mass is 9.87. The number of nitrogens with one attached hydrogen (secondary N) is 1. The Kier molecular flexibility index (Phi) is 4.26. The van der Waals surface area contributed by atoms with E-state index >= 15 is 0 Å². The molecule has 0 aromatic heterocycles. The Morgan fingerprint density at radius 3 is 2.81 bits per heavy atom. The molecular weight excluding hydrogens is 196 g/mol. The van der Waals surface area contributed by atoms with Crippen molar-refractivity contribution in [1.29, 1.82) is 0 Å². The monoisotopic (exact) mass is 224 g/mol. The second kappa shape index (κ2) is 5.50. The lowest BCUT2D eigenvalue weighted by Crippen LogP contribution is -2.41. The molecular formula is C14H28N2. The fourth-order valence-corrected chi connectivity index (χ4v) is 3.64. The van der Waals surface area contributed by atoms with E-state index in [0.717, 1.165) is 6.04 Å². The van der Waals surface area contributed by atoms with Crippen molar-refractivity contribution in [2.45, 2.75) is 70.4 Å². The molecule has 2 unspecified atom stereocenters. The Bertz CT molecular complexity index is 209. The molecule has 2 fully saturated rings. The van der Waals surface area contributed by atoms with Crippen molar-refractivity contribution in [3.63, 3.8) is 0 Å². The van der Waals surface area contributed by atoms with Crippen LogP contribution in [-0.2, 0) is 0 Å². The predicted molar refractivity (Wildman–Crippen MR) is 69.8 cm³/mol. The first kappa shape index (κ1) is 12.4. The van der Waals surface area contributed by atoms with Gasteiger partial charge in [0.25, 0.3) is 0 Å². The van der Waals surface area contributed by atoms with Gasteiger partial charge in [-0.1, -0.05) is 13.8 Å². The Morgan fingerprint density at radius 1 is 1.31 bits per heavy atom. The van der Waals surface area contributed by atoms with E-state index in [-0.39, 0.29) is 0 Å². The van der Waals surface area contributed by atoms with Gasteiger partial charge in [0.2, 0.25) is 0 Å². The average molecular weight is 224 g/mol. The summed E-state index contributed by atoms with van der Waals surface area (Å²) in [5, 5.41) is 3.76. The fraction of sp³-hybridized carbons (Fsp3) is 1.00. The van der Waals surface area contributed by atoms with E-state index in [2.05, 4.69) is 24.1 Å². The minimum absolute atomic E-state index is 0.502. The molecule has 2 rings (SSSR count). The van der Waals surface area contributed by atoms with Crippen LogP contribution < -0.4 is 5.32 Å². The quantitative estimate of drug-likeness (QED) is 0.772. The largest absolute Gasteiger partial charge is 0.311 e. The Hall–Kier alpha value is -0.0800. The second-order valence-corrected chi connectivity index (χ2v) is 5.63. The maximum absolute atomic E-state index is 3.76. The van der Waals surface area contributed by atoms with Crippen LogP contribution in [0.15, 0.2) is 0 Å². The van der Waals surface area contributed by atoms with E-state index in [4.69, 9.17) is 0 Å². The van der Waals surface area contributed by atoms with Crippen molar-refractivity contribution in [2.24, 2.45) is 0 Å². The molecule has 0 spiro atoms. The number of nitrogens with zero attached hydrogens (tertiary/aromatic N) is 1. The van der Waals surface area contributed by atoms with Gasteiger partial charge in [-0.05, 0) is 64.6 Å². The first-order valence-corrected chi connectivity index (χ1v) is 7.29. The van der Waals surface area contributed by atoms with Crippen LogP contribution >= 0.6 is 0 Å². The number of hydrogen-bond donors (Lipinski definition) is 1. The summed E-state index contributed by atoms with van der Waals surface area (Å²) in [5.74, 6) is 0. The lowest BCUT2D eigenvalue weighted by molar-refractivity contribution is 0.223. The van der Waals surface area contributed by atoms with Gasteiger partial charge < -0.3 is 10.2 Å². The van der Waals surface area contributed by atoms with Crippen molar-refractivity contribution in [3.8, 4) is 0 Å². The summed E-state index contributed by atoms with van der Waals surface area (Å²) in [6, 6.07) is 0.885. The summed E-state index contributed by atoms with van der Waals surface area (Å²) in [6.45, 7) is 8.49. The van der Waals surface area contributed by atoms with Gasteiger partial charge in [0, 0.05) is 11.6 Å². The maximum Gasteiger partial charge on any atom is 0.0180 e. The molecule has 94 valence electrons. The average Bonchev–Trinajstić information content (AvgIpc) is 2.96. The van der Waals surface area contributed by atoms with Gasteiger partial charge in [-0.15, -0.1) is 0 Å². The second-order valence-electron chi connectivity index (χ2n) is 5.63. The molecule has 0 aliphatic carbocycles. The third-order valence-electron chi connectivity index (χ3n) is 4.87. The van der Waals surface area contributed by atoms with Crippen LogP contribution in [0.25, 0.3) is 0 Å². The van der Waals surface area contributed by atoms with Gasteiger partial charge in [0.05, 0.1) is 0 Å². The Morgan fingerprint density at radius 2 is 2.19 bits per heavy atom. The molecule has 2 saturated heterocycles. The summed E-state index contributed by atoms with van der Waals surface area (Å²) >= 11 is 0. The van der Waals surface area contributed by atoms with Crippen LogP contribution in [0.3, 0.4) is 0 Å². The molecule has 2 atom stereocenters. The lowest BCUT2D eigenvalue weighted by Gasteiger charge is -2.31. The summed E-state index contributed by atoms with van der Waals surface area (Å²) < 4.78 is 0. The van der Waals surface area contributed by atoms with Crippen molar-refractivity contribution in [3.05, 3.63) is 0 Å². The van der Waals surface area contributed by atoms with E-state index in [1.165, 1.54) is 64.6 Å². The van der Waals surface area contributed by atoms with E-state index in [1.54, 1.807) is 0 Å². The number of hydrogen-bond acceptors (Lipinski definition) is 2. The van der Waals surface area contributed by atoms with Crippen molar-refractivity contribution in [2.75, 3.05) is 19.6 Å². The molecule has 1 N–H and O–H groups in total. The highest BCUT2D eigenvalue weighted by molar-refractivity contribution is 4.93. The minimum Gasteiger partial charge on any atom is -0.311 e. The van der Waals surface area contributed by atoms with Crippen LogP contribution in [0, 0.1) is 0 Å². The predicted octanol–water partition coefficient (Wildman–Crippen LogP) is 2.78. The zero-order valence-corrected chi connectivity index (χ0v) is 11.1. The minimum atomic E-state index is 0.502. The first-order valence-electron chi connectivity index (χ1n) is 7.29. The van der Waals surface area contributed by atoms with E-state index in [0.29, 0.717) is 5.54 Å². The molecule has 0 saturated carbocycles. The molecule has 2 heteroatoms. The van der Waals surface area contributed by atoms with E-state index in [9.17, 15) is 0 Å². The summed E-state index contributed by atoms with van der Waals surface area (Å²) in [5.41, 5.74) is 0.502. The standard InChI is InChI=1S/C14H28N2/c1-3-14(9-6-11-15-14)10-8-13-7-5-12-16(13)4-2/h13,15H,3-12H2,1-2H3. The number of rotatable bonds is 5. The Labute approximate surface area is 101 Å². The fourth-order valence-electron chi connectivity index (χ4n) is 3.64. The summed E-state index contributed by atoms with van der Waals surface area (Å²) in [4.78, 5) is 2.68. The van der Waals surface area contributed by atoms with Crippen LogP contribution in [-0.4, -0.2) is 36.1 Å². The third kappa shape index (κ3) is 2.60. The van der Waals surface area contributed by atoms with Gasteiger partial charge in [-0.3, -0.25) is 0 Å². The van der Waals surface area contributed by atoms with Crippen LogP contribution in [0.2, 0.25) is 0 Å². The van der Waals surface area contributed by atoms with Gasteiger partial charge in [-0.2, -0.15) is 0 Å². The van der Waals surface area contributed by atoms with E-state index < -0.39 is 0 Å². The molecule has 0 aromatic rings. The third-order valence-corrected chi connectivity index (χ3v) is 4.87. The highest BCUT2D eigenvalue weighted by Crippen LogP contribution is 2.31. The first-order chi connectivity index (χ1) is 7.79. The SMILES string of the molecule is CCN1CCCC1CCC1(CC)CCCN1. The van der Waals surface area contributed by atoms with Crippen molar-refractivity contribution in [1.82, 2.24) is 10.2 Å². The molecule has 2 aliphatic rings. The molecule has 16 heavy (non-hydrogen) atoms. The zero-order valence-electron chi connectivity index (χ0n) is 11.1. The van der Waals surface area contributed by atoms with Gasteiger partial charge in [-0.25, -0.2) is 0 Å². The van der Waals surface area contributed by atoms with Crippen LogP contribution in [0.1, 0.15) is 58.8 Å². The Balaban J connectivity index is 1.81. The summed E-state index contributed by atoms with van der Waals surface area (Å²) in [7, 11) is 0. The smallest absolute Gasteiger partial charge is 0.0180 e. The summed E-state index contributed by atoms with van der Waals surface area (Å²) in [6.07, 6.45) is 9.77. The maximum atomic E-state index is 3.76. The topological polar surface area (TPSA) is 15.3 Å². The molecule has 0 aromatic carbocycles. The van der Waals surface area contributed by atoms with Crippen LogP contribution in [0.4, 0.5) is 0 Å². The molecule has 0 radical (unpaired) electrons. The number of likely N-dealkylation sites (tertiary alicyclic amines) is 1. The molecule has 0 bridgehead atoms. The van der Waals surface area contributed by atoms with Gasteiger partial charge >= 0.3 is 0 Å². The molecule has 2 heterocycles. The van der Waals surface area contributed by atoms with Gasteiger partial charge in [0.15, 0.2) is 0 Å². The van der Waals surface area contributed by atoms with Crippen molar-refractivity contribution >= 4 is 0 Å². The highest BCUT2D eigenvalue weighted by Gasteiger charge is 2.33. The normalized spacial score (nSPS) is 36.0. The zero-order chi connectivity index (χ0) is 11.4. The molecule has 0 amide bonds. The highest BCUT2D eigenvalue weighted by atomic mass is 15.2. The van der Waals surface area contributed by atoms with Gasteiger partial charge in [0.1, 0.15) is 0 Å². The van der Waals surface area contributed by atoms with Crippen LogP contribution in [0.5, 0.6) is 0 Å². The molecule has 2 aliphatic heterocycles. The van der Waals surface area contributed by atoms with Crippen molar-refractivity contribution < 1.29 is 0 Å². The van der Waals surface area contributed by atoms with E-state index in [1.807, 2.05) is 0 Å².